The Hall–Kier alpha value is -1.80. The van der Waals surface area contributed by atoms with Crippen LogP contribution in [0.2, 0.25) is 0 Å². The first-order valence-corrected chi connectivity index (χ1v) is 11.5. The smallest absolute Gasteiger partial charge is 0.240 e. The molecule has 0 radical (unpaired) electrons. The summed E-state index contributed by atoms with van der Waals surface area (Å²) in [6.45, 7) is 7.88. The van der Waals surface area contributed by atoms with Crippen molar-refractivity contribution in [2.75, 3.05) is 26.3 Å². The van der Waals surface area contributed by atoms with Crippen molar-refractivity contribution in [2.45, 2.75) is 63.8 Å². The number of fused-ring (bicyclic) bond motifs is 1. The molecule has 0 aliphatic carbocycles. The van der Waals surface area contributed by atoms with Crippen LogP contribution in [0.25, 0.3) is 0 Å². The Morgan fingerprint density at radius 1 is 1.18 bits per heavy atom. The predicted molar refractivity (Wildman–Crippen MR) is 108 cm³/mol. The third kappa shape index (κ3) is 6.38. The Kier molecular flexibility index (Phi) is 8.57. The number of amides is 1. The Morgan fingerprint density at radius 2 is 1.89 bits per heavy atom. The van der Waals surface area contributed by atoms with Crippen molar-refractivity contribution >= 4 is 15.9 Å². The summed E-state index contributed by atoms with van der Waals surface area (Å²) < 4.78 is 38.7. The van der Waals surface area contributed by atoms with E-state index < -0.39 is 10.0 Å². The van der Waals surface area contributed by atoms with Crippen LogP contribution in [0, 0.1) is 0 Å². The first kappa shape index (κ1) is 22.5. The first-order valence-electron chi connectivity index (χ1n) is 10.0. The maximum absolute atomic E-state index is 12.6. The monoisotopic (exact) mass is 412 g/mol. The minimum atomic E-state index is -3.72. The second-order valence-corrected chi connectivity index (χ2v) is 8.96. The van der Waals surface area contributed by atoms with Gasteiger partial charge in [0.25, 0.3) is 0 Å². The van der Waals surface area contributed by atoms with Gasteiger partial charge in [-0.25, -0.2) is 13.1 Å². The first-order chi connectivity index (χ1) is 13.3. The van der Waals surface area contributed by atoms with E-state index in [9.17, 15) is 13.2 Å². The molecule has 0 spiro atoms. The third-order valence-corrected chi connectivity index (χ3v) is 6.07. The molecule has 1 aromatic carbocycles. The van der Waals surface area contributed by atoms with E-state index in [1.807, 2.05) is 18.7 Å². The summed E-state index contributed by atoms with van der Waals surface area (Å²) in [5.74, 6) is 0.942. The summed E-state index contributed by atoms with van der Waals surface area (Å²) in [6.07, 6.45) is 4.02. The molecule has 1 aliphatic heterocycles. The third-order valence-electron chi connectivity index (χ3n) is 4.61. The van der Waals surface area contributed by atoms with Crippen molar-refractivity contribution in [2.24, 2.45) is 0 Å². The molecule has 1 aromatic rings. The molecular weight excluding hydrogens is 380 g/mol. The lowest BCUT2D eigenvalue weighted by Gasteiger charge is -2.27. The number of benzene rings is 1. The van der Waals surface area contributed by atoms with E-state index in [0.717, 1.165) is 25.7 Å². The standard InChI is InChI=1S/C20H32N2O5S/c1-4-5-6-12-22(16(2)3)20(23)10-11-21-28(24,25)17-8-9-18-19(15-17)27-14-7-13-26-18/h8-9,15-16,21H,4-7,10-14H2,1-3H3. The average Bonchev–Trinajstić information content (AvgIpc) is 2.89. The molecule has 0 fully saturated rings. The van der Waals surface area contributed by atoms with Gasteiger partial charge >= 0.3 is 0 Å². The maximum Gasteiger partial charge on any atom is 0.240 e. The molecule has 0 bridgehead atoms. The fourth-order valence-electron chi connectivity index (χ4n) is 3.03. The minimum Gasteiger partial charge on any atom is -0.490 e. The van der Waals surface area contributed by atoms with Gasteiger partial charge < -0.3 is 14.4 Å². The number of nitrogens with one attached hydrogen (secondary N) is 1. The molecule has 1 heterocycles. The number of hydrogen-bond donors (Lipinski definition) is 1. The van der Waals surface area contributed by atoms with Gasteiger partial charge in [-0.05, 0) is 32.4 Å². The summed E-state index contributed by atoms with van der Waals surface area (Å²) in [4.78, 5) is 14.4. The Balaban J connectivity index is 1.93. The number of hydrogen-bond acceptors (Lipinski definition) is 5. The molecule has 158 valence electrons. The van der Waals surface area contributed by atoms with Crippen LogP contribution in [-0.2, 0) is 14.8 Å². The predicted octanol–water partition coefficient (Wildman–Crippen LogP) is 2.94. The van der Waals surface area contributed by atoms with E-state index in [1.54, 1.807) is 6.07 Å². The molecule has 1 aliphatic rings. The summed E-state index contributed by atoms with van der Waals surface area (Å²) in [6, 6.07) is 4.66. The molecule has 0 unspecified atom stereocenters. The molecule has 1 amide bonds. The molecule has 28 heavy (non-hydrogen) atoms. The highest BCUT2D eigenvalue weighted by Gasteiger charge is 2.20. The van der Waals surface area contributed by atoms with Crippen LogP contribution in [-0.4, -0.2) is 51.6 Å². The van der Waals surface area contributed by atoms with Crippen molar-refractivity contribution in [3.63, 3.8) is 0 Å². The number of ether oxygens (including phenoxy) is 2. The lowest BCUT2D eigenvalue weighted by atomic mass is 10.2. The van der Waals surface area contributed by atoms with Gasteiger partial charge in [-0.2, -0.15) is 0 Å². The summed E-state index contributed by atoms with van der Waals surface area (Å²) in [5.41, 5.74) is 0. The largest absolute Gasteiger partial charge is 0.490 e. The summed E-state index contributed by atoms with van der Waals surface area (Å²) >= 11 is 0. The van der Waals surface area contributed by atoms with Crippen LogP contribution in [0.1, 0.15) is 52.9 Å². The quantitative estimate of drug-likeness (QED) is 0.597. The van der Waals surface area contributed by atoms with Crippen LogP contribution in [0.15, 0.2) is 23.1 Å². The number of rotatable bonds is 10. The normalized spacial score (nSPS) is 14.0. The molecule has 7 nitrogen and oxygen atoms in total. The van der Waals surface area contributed by atoms with Gasteiger partial charge in [0, 0.05) is 38.0 Å². The molecule has 1 N–H and O–H groups in total. The van der Waals surface area contributed by atoms with Crippen molar-refractivity contribution in [3.8, 4) is 11.5 Å². The zero-order valence-electron chi connectivity index (χ0n) is 17.1. The van der Waals surface area contributed by atoms with Crippen molar-refractivity contribution in [1.82, 2.24) is 9.62 Å². The van der Waals surface area contributed by atoms with E-state index >= 15 is 0 Å². The van der Waals surface area contributed by atoms with E-state index in [2.05, 4.69) is 11.6 Å². The van der Waals surface area contributed by atoms with Crippen LogP contribution < -0.4 is 14.2 Å². The molecular formula is C20H32N2O5S. The lowest BCUT2D eigenvalue weighted by molar-refractivity contribution is -0.132. The van der Waals surface area contributed by atoms with Gasteiger partial charge in [0.1, 0.15) is 0 Å². The molecule has 0 saturated heterocycles. The molecule has 0 saturated carbocycles. The second-order valence-electron chi connectivity index (χ2n) is 7.19. The Labute approximate surface area is 168 Å². The number of carbonyl (C=O) groups excluding carboxylic acids is 1. The van der Waals surface area contributed by atoms with Crippen LogP contribution in [0.5, 0.6) is 11.5 Å². The highest BCUT2D eigenvalue weighted by atomic mass is 32.2. The summed E-state index contributed by atoms with van der Waals surface area (Å²) in [7, 11) is -3.72. The van der Waals surface area contributed by atoms with Gasteiger partial charge in [0.15, 0.2) is 11.5 Å². The van der Waals surface area contributed by atoms with Crippen molar-refractivity contribution in [1.29, 1.82) is 0 Å². The number of unbranched alkanes of at least 4 members (excludes halogenated alkanes) is 2. The summed E-state index contributed by atoms with van der Waals surface area (Å²) in [5, 5.41) is 0. The zero-order valence-corrected chi connectivity index (χ0v) is 17.9. The second kappa shape index (κ2) is 10.7. The number of nitrogens with zero attached hydrogens (tertiary/aromatic N) is 1. The fraction of sp³-hybridized carbons (Fsp3) is 0.650. The highest BCUT2D eigenvalue weighted by Crippen LogP contribution is 2.31. The van der Waals surface area contributed by atoms with Crippen molar-refractivity contribution < 1.29 is 22.7 Å². The molecule has 8 heteroatoms. The van der Waals surface area contributed by atoms with E-state index in [0.29, 0.717) is 31.3 Å². The Morgan fingerprint density at radius 3 is 2.57 bits per heavy atom. The topological polar surface area (TPSA) is 84.9 Å². The Bertz CT molecular complexity index is 749. The van der Waals surface area contributed by atoms with E-state index in [1.165, 1.54) is 12.1 Å². The SMILES string of the molecule is CCCCCN(C(=O)CCNS(=O)(=O)c1ccc2c(c1)OCCCO2)C(C)C. The number of carbonyl (C=O) groups is 1. The van der Waals surface area contributed by atoms with Crippen LogP contribution in [0.4, 0.5) is 0 Å². The zero-order chi connectivity index (χ0) is 20.6. The van der Waals surface area contributed by atoms with Gasteiger partial charge in [0.2, 0.25) is 15.9 Å². The fourth-order valence-corrected chi connectivity index (χ4v) is 4.08. The van der Waals surface area contributed by atoms with Crippen LogP contribution >= 0.6 is 0 Å². The molecule has 2 rings (SSSR count). The van der Waals surface area contributed by atoms with Gasteiger partial charge in [-0.1, -0.05) is 19.8 Å². The van der Waals surface area contributed by atoms with Crippen LogP contribution in [0.3, 0.4) is 0 Å². The molecule has 0 atom stereocenters. The minimum absolute atomic E-state index is 0.0348. The maximum atomic E-state index is 12.6. The van der Waals surface area contributed by atoms with Crippen molar-refractivity contribution in [3.05, 3.63) is 18.2 Å². The van der Waals surface area contributed by atoms with Gasteiger partial charge in [0.05, 0.1) is 18.1 Å². The van der Waals surface area contributed by atoms with Gasteiger partial charge in [-0.3, -0.25) is 4.79 Å². The van der Waals surface area contributed by atoms with E-state index in [-0.39, 0.29) is 29.8 Å². The average molecular weight is 413 g/mol. The van der Waals surface area contributed by atoms with Gasteiger partial charge in [-0.15, -0.1) is 0 Å². The van der Waals surface area contributed by atoms with E-state index in [4.69, 9.17) is 9.47 Å². The molecule has 0 aromatic heterocycles. The lowest BCUT2D eigenvalue weighted by Crippen LogP contribution is -2.39. The highest BCUT2D eigenvalue weighted by molar-refractivity contribution is 7.89. The number of sulfonamides is 1.